The summed E-state index contributed by atoms with van der Waals surface area (Å²) in [5.41, 5.74) is -3.20. The summed E-state index contributed by atoms with van der Waals surface area (Å²) in [4.78, 5) is 13.6. The first-order chi connectivity index (χ1) is 8.97. The average Bonchev–Trinajstić information content (AvgIpc) is 2.23. The van der Waals surface area contributed by atoms with E-state index in [9.17, 15) is 31.1 Å². The van der Waals surface area contributed by atoms with E-state index in [1.54, 1.807) is 0 Å². The van der Waals surface area contributed by atoms with Crippen LogP contribution in [0, 0.1) is 0 Å². The first-order valence-electron chi connectivity index (χ1n) is 4.60. The van der Waals surface area contributed by atoms with Crippen molar-refractivity contribution >= 4 is 5.97 Å². The zero-order chi connectivity index (χ0) is 15.7. The number of nitrogens with zero attached hydrogens (tertiary/aromatic N) is 1. The smallest absolute Gasteiger partial charge is 0.493 e. The highest BCUT2D eigenvalue weighted by molar-refractivity contribution is 5.94. The minimum absolute atomic E-state index is 0.0162. The summed E-state index contributed by atoms with van der Waals surface area (Å²) in [6, 6.07) is 0. The third-order valence-corrected chi connectivity index (χ3v) is 1.91. The van der Waals surface area contributed by atoms with Gasteiger partial charge in [0, 0.05) is 0 Å². The minimum atomic E-state index is -5.29. The van der Waals surface area contributed by atoms with E-state index >= 15 is 0 Å². The maximum atomic E-state index is 12.5. The van der Waals surface area contributed by atoms with Crippen LogP contribution in [0.3, 0.4) is 0 Å². The van der Waals surface area contributed by atoms with E-state index in [4.69, 9.17) is 5.11 Å². The molecule has 0 aromatic carbocycles. The summed E-state index contributed by atoms with van der Waals surface area (Å²) in [5, 5.41) is 8.74. The molecule has 0 aliphatic carbocycles. The van der Waals surface area contributed by atoms with Gasteiger partial charge in [0.05, 0.1) is 13.3 Å². The van der Waals surface area contributed by atoms with Gasteiger partial charge in [-0.25, -0.2) is 9.78 Å². The van der Waals surface area contributed by atoms with Crippen molar-refractivity contribution < 1.29 is 45.7 Å². The van der Waals surface area contributed by atoms with Crippen molar-refractivity contribution in [3.63, 3.8) is 0 Å². The highest BCUT2D eigenvalue weighted by Crippen LogP contribution is 2.40. The molecule has 0 radical (unpaired) electrons. The van der Waals surface area contributed by atoms with Gasteiger partial charge in [0.1, 0.15) is 5.56 Å². The minimum Gasteiger partial charge on any atom is -0.493 e. The number of carboxylic acids is 1. The van der Waals surface area contributed by atoms with Crippen LogP contribution >= 0.6 is 0 Å². The van der Waals surface area contributed by atoms with Gasteiger partial charge < -0.3 is 14.6 Å². The summed E-state index contributed by atoms with van der Waals surface area (Å²) in [6.45, 7) is 0. The summed E-state index contributed by atoms with van der Waals surface area (Å²) >= 11 is 0. The van der Waals surface area contributed by atoms with Gasteiger partial charge in [-0.15, -0.1) is 13.2 Å². The van der Waals surface area contributed by atoms with E-state index in [-0.39, 0.29) is 6.20 Å². The zero-order valence-electron chi connectivity index (χ0n) is 9.46. The second kappa shape index (κ2) is 5.06. The third kappa shape index (κ3) is 3.42. The lowest BCUT2D eigenvalue weighted by molar-refractivity contribution is -0.274. The van der Waals surface area contributed by atoms with Gasteiger partial charge in [-0.1, -0.05) is 0 Å². The van der Waals surface area contributed by atoms with Crippen molar-refractivity contribution in [3.05, 3.63) is 17.5 Å². The van der Waals surface area contributed by atoms with Crippen LogP contribution in [0.5, 0.6) is 11.5 Å². The molecule has 0 amide bonds. The number of alkyl halides is 6. The van der Waals surface area contributed by atoms with Crippen LogP contribution < -0.4 is 9.47 Å². The highest BCUT2D eigenvalue weighted by atomic mass is 19.4. The van der Waals surface area contributed by atoms with Crippen molar-refractivity contribution in [1.82, 2.24) is 4.98 Å². The lowest BCUT2D eigenvalue weighted by Gasteiger charge is -2.16. The number of rotatable bonds is 3. The predicted octanol–water partition coefficient (Wildman–Crippen LogP) is 2.71. The maximum Gasteiger partial charge on any atom is 0.573 e. The molecular formula is C9H5F6NO4. The summed E-state index contributed by atoms with van der Waals surface area (Å²) < 4.78 is 81.3. The largest absolute Gasteiger partial charge is 0.573 e. The van der Waals surface area contributed by atoms with Crippen molar-refractivity contribution in [2.75, 3.05) is 7.11 Å². The van der Waals surface area contributed by atoms with Crippen LogP contribution in [0.2, 0.25) is 0 Å². The molecule has 0 atom stereocenters. The fourth-order valence-corrected chi connectivity index (χ4v) is 1.28. The maximum absolute atomic E-state index is 12.5. The fourth-order valence-electron chi connectivity index (χ4n) is 1.28. The van der Waals surface area contributed by atoms with E-state index in [1.165, 1.54) is 0 Å². The van der Waals surface area contributed by atoms with Crippen molar-refractivity contribution in [1.29, 1.82) is 0 Å². The van der Waals surface area contributed by atoms with E-state index in [1.807, 2.05) is 0 Å². The Labute approximate surface area is 106 Å². The summed E-state index contributed by atoms with van der Waals surface area (Å²) in [7, 11) is 0.663. The van der Waals surface area contributed by atoms with E-state index in [0.717, 1.165) is 0 Å². The van der Waals surface area contributed by atoms with Gasteiger partial charge in [0.25, 0.3) is 0 Å². The Morgan fingerprint density at radius 3 is 2.15 bits per heavy atom. The second-order valence-corrected chi connectivity index (χ2v) is 3.23. The van der Waals surface area contributed by atoms with Crippen LogP contribution in [-0.4, -0.2) is 29.5 Å². The number of methoxy groups -OCH3 is 1. The van der Waals surface area contributed by atoms with Crippen LogP contribution in [0.15, 0.2) is 6.20 Å². The van der Waals surface area contributed by atoms with Gasteiger partial charge in [-0.2, -0.15) is 13.2 Å². The van der Waals surface area contributed by atoms with Gasteiger partial charge in [-0.3, -0.25) is 0 Å². The number of carboxylic acid groups (broad SMARTS) is 1. The molecule has 5 nitrogen and oxygen atoms in total. The molecule has 0 fully saturated rings. The van der Waals surface area contributed by atoms with Gasteiger partial charge in [0.15, 0.2) is 17.2 Å². The molecule has 0 saturated heterocycles. The molecule has 20 heavy (non-hydrogen) atoms. The van der Waals surface area contributed by atoms with Crippen molar-refractivity contribution in [2.24, 2.45) is 0 Å². The standard InChI is InChI=1S/C9H5F6NO4/c1-19-5-4(7(17)18)3(20-9(13,14)15)2-16-6(5)8(10,11)12/h2H,1H3,(H,17,18). The Morgan fingerprint density at radius 2 is 1.80 bits per heavy atom. The topological polar surface area (TPSA) is 68.7 Å². The lowest BCUT2D eigenvalue weighted by Crippen LogP contribution is -2.21. The number of hydrogen-bond acceptors (Lipinski definition) is 4. The Kier molecular flexibility index (Phi) is 4.01. The normalized spacial score (nSPS) is 12.2. The van der Waals surface area contributed by atoms with Gasteiger partial charge >= 0.3 is 18.5 Å². The van der Waals surface area contributed by atoms with Crippen LogP contribution in [0.4, 0.5) is 26.3 Å². The number of hydrogen-bond donors (Lipinski definition) is 1. The molecule has 0 bridgehead atoms. The molecule has 11 heteroatoms. The number of aromatic carboxylic acids is 1. The molecule has 0 aliphatic heterocycles. The molecular weight excluding hydrogens is 300 g/mol. The number of ether oxygens (including phenoxy) is 2. The van der Waals surface area contributed by atoms with E-state index in [0.29, 0.717) is 7.11 Å². The van der Waals surface area contributed by atoms with Crippen LogP contribution in [-0.2, 0) is 6.18 Å². The van der Waals surface area contributed by atoms with Crippen molar-refractivity contribution in [2.45, 2.75) is 12.5 Å². The average molecular weight is 305 g/mol. The molecule has 112 valence electrons. The SMILES string of the molecule is COc1c(C(F)(F)F)ncc(OC(F)(F)F)c1C(=O)O. The van der Waals surface area contributed by atoms with E-state index < -0.39 is 41.3 Å². The number of pyridine rings is 1. The van der Waals surface area contributed by atoms with Gasteiger partial charge in [0.2, 0.25) is 0 Å². The lowest BCUT2D eigenvalue weighted by atomic mass is 10.1. The molecule has 1 aromatic heterocycles. The van der Waals surface area contributed by atoms with Crippen LogP contribution in [0.1, 0.15) is 16.1 Å². The molecule has 1 heterocycles. The Morgan fingerprint density at radius 1 is 1.25 bits per heavy atom. The van der Waals surface area contributed by atoms with Gasteiger partial charge in [-0.05, 0) is 0 Å². The van der Waals surface area contributed by atoms with Crippen molar-refractivity contribution in [3.8, 4) is 11.5 Å². The quantitative estimate of drug-likeness (QED) is 0.870. The molecule has 1 aromatic rings. The first kappa shape index (κ1) is 15.9. The Hall–Kier alpha value is -2.20. The summed E-state index contributed by atoms with van der Waals surface area (Å²) in [6.07, 6.45) is -10.4. The number of halogens is 6. The monoisotopic (exact) mass is 305 g/mol. The zero-order valence-corrected chi connectivity index (χ0v) is 9.46. The molecule has 0 saturated carbocycles. The molecule has 0 spiro atoms. The molecule has 1 N–H and O–H groups in total. The first-order valence-corrected chi connectivity index (χ1v) is 4.60. The molecule has 0 unspecified atom stereocenters. The van der Waals surface area contributed by atoms with E-state index in [2.05, 4.69) is 14.5 Å². The number of aromatic nitrogens is 1. The highest BCUT2D eigenvalue weighted by Gasteiger charge is 2.41. The fraction of sp³-hybridized carbons (Fsp3) is 0.333. The Bertz CT molecular complexity index is 524. The number of carbonyl (C=O) groups is 1. The van der Waals surface area contributed by atoms with Crippen LogP contribution in [0.25, 0.3) is 0 Å². The third-order valence-electron chi connectivity index (χ3n) is 1.91. The molecule has 0 aliphatic rings. The Balaban J connectivity index is 3.55. The second-order valence-electron chi connectivity index (χ2n) is 3.23. The molecule has 1 rings (SSSR count). The summed E-state index contributed by atoms with van der Waals surface area (Å²) in [5.74, 6) is -4.87. The predicted molar refractivity (Wildman–Crippen MR) is 49.4 cm³/mol.